The third-order valence-electron chi connectivity index (χ3n) is 3.57. The highest BCUT2D eigenvalue weighted by Crippen LogP contribution is 2.42. The van der Waals surface area contributed by atoms with Crippen LogP contribution in [0.2, 0.25) is 5.02 Å². The summed E-state index contributed by atoms with van der Waals surface area (Å²) in [6.07, 6.45) is 2.69. The number of phenolic OH excluding ortho intramolecular Hbond substituents is 1. The van der Waals surface area contributed by atoms with E-state index >= 15 is 0 Å². The van der Waals surface area contributed by atoms with Gasteiger partial charge in [0, 0.05) is 5.56 Å². The molecule has 2 nitrogen and oxygen atoms in total. The number of hydrogen-bond donors (Lipinski definition) is 1. The summed E-state index contributed by atoms with van der Waals surface area (Å²) in [6, 6.07) is 11.1. The summed E-state index contributed by atoms with van der Waals surface area (Å²) in [4.78, 5) is 0. The van der Waals surface area contributed by atoms with Gasteiger partial charge in [-0.1, -0.05) is 43.3 Å². The Kier molecular flexibility index (Phi) is 3.48. The minimum Gasteiger partial charge on any atom is -0.507 e. The van der Waals surface area contributed by atoms with Crippen LogP contribution in [0.25, 0.3) is 11.3 Å². The van der Waals surface area contributed by atoms with E-state index in [-0.39, 0.29) is 5.75 Å². The summed E-state index contributed by atoms with van der Waals surface area (Å²) in [5.74, 6) is 1.34. The number of benzene rings is 2. The van der Waals surface area contributed by atoms with Crippen molar-refractivity contribution in [2.45, 2.75) is 13.3 Å². The molecule has 1 heterocycles. The molecule has 0 bridgehead atoms. The van der Waals surface area contributed by atoms with E-state index in [4.69, 9.17) is 16.3 Å². The van der Waals surface area contributed by atoms with Crippen LogP contribution in [0, 0.1) is 0 Å². The van der Waals surface area contributed by atoms with Gasteiger partial charge in [0.25, 0.3) is 0 Å². The Morgan fingerprint density at radius 2 is 2.00 bits per heavy atom. The van der Waals surface area contributed by atoms with E-state index in [2.05, 4.69) is 6.58 Å². The predicted molar refractivity (Wildman–Crippen MR) is 86.6 cm³/mol. The van der Waals surface area contributed by atoms with Crippen LogP contribution in [0.4, 0.5) is 0 Å². The van der Waals surface area contributed by atoms with Gasteiger partial charge < -0.3 is 9.84 Å². The molecule has 0 amide bonds. The lowest BCUT2D eigenvalue weighted by Gasteiger charge is -2.21. The third-order valence-corrected chi connectivity index (χ3v) is 3.86. The van der Waals surface area contributed by atoms with Gasteiger partial charge in [0.2, 0.25) is 0 Å². The van der Waals surface area contributed by atoms with E-state index in [1.54, 1.807) is 12.1 Å². The maximum absolute atomic E-state index is 10.2. The number of ether oxygens (including phenoxy) is 1. The summed E-state index contributed by atoms with van der Waals surface area (Å²) < 4.78 is 5.88. The summed E-state index contributed by atoms with van der Waals surface area (Å²) in [6.45, 7) is 6.08. The van der Waals surface area contributed by atoms with Gasteiger partial charge in [0.05, 0.1) is 10.6 Å². The van der Waals surface area contributed by atoms with Crippen LogP contribution in [0.5, 0.6) is 11.5 Å². The van der Waals surface area contributed by atoms with Crippen LogP contribution < -0.4 is 4.74 Å². The number of para-hydroxylation sites is 1. The highest BCUT2D eigenvalue weighted by atomic mass is 35.5. The molecule has 3 heteroatoms. The normalized spacial score (nSPS) is 13.4. The first-order valence-corrected chi connectivity index (χ1v) is 7.17. The standard InChI is InChI=1S/C18H15ClO2/c1-3-12-7-8-14(16(20)10-12)17-9-11(2)13-5-4-6-15(19)18(13)21-17/h4-10,20H,2-3H2,1H3. The number of phenols is 1. The molecular weight excluding hydrogens is 284 g/mol. The number of fused-ring (bicyclic) bond motifs is 1. The Balaban J connectivity index is 2.06. The number of hydrogen-bond acceptors (Lipinski definition) is 2. The number of aryl methyl sites for hydroxylation is 1. The van der Waals surface area contributed by atoms with E-state index in [1.165, 1.54) is 0 Å². The Bertz CT molecular complexity index is 760. The zero-order valence-corrected chi connectivity index (χ0v) is 12.4. The van der Waals surface area contributed by atoms with Crippen molar-refractivity contribution in [3.63, 3.8) is 0 Å². The average Bonchev–Trinajstić information content (AvgIpc) is 2.48. The maximum Gasteiger partial charge on any atom is 0.153 e. The highest BCUT2D eigenvalue weighted by molar-refractivity contribution is 6.32. The summed E-state index contributed by atoms with van der Waals surface area (Å²) in [7, 11) is 0. The Hall–Kier alpha value is -2.19. The molecule has 2 aromatic carbocycles. The van der Waals surface area contributed by atoms with Crippen molar-refractivity contribution in [2.75, 3.05) is 0 Å². The van der Waals surface area contributed by atoms with Gasteiger partial charge in [0.15, 0.2) is 5.75 Å². The van der Waals surface area contributed by atoms with Gasteiger partial charge in [-0.2, -0.15) is 0 Å². The molecule has 0 radical (unpaired) electrons. The molecule has 21 heavy (non-hydrogen) atoms. The topological polar surface area (TPSA) is 29.5 Å². The minimum absolute atomic E-state index is 0.198. The molecule has 0 aromatic heterocycles. The summed E-state index contributed by atoms with van der Waals surface area (Å²) >= 11 is 6.19. The molecule has 1 aliphatic heterocycles. The van der Waals surface area contributed by atoms with Gasteiger partial charge in [-0.3, -0.25) is 0 Å². The van der Waals surface area contributed by atoms with Gasteiger partial charge in [-0.05, 0) is 41.8 Å². The molecule has 0 spiro atoms. The van der Waals surface area contributed by atoms with Crippen molar-refractivity contribution in [3.05, 3.63) is 70.8 Å². The first-order chi connectivity index (χ1) is 10.1. The molecular formula is C18H15ClO2. The van der Waals surface area contributed by atoms with Gasteiger partial charge in [-0.25, -0.2) is 0 Å². The van der Waals surface area contributed by atoms with Crippen LogP contribution >= 0.6 is 11.6 Å². The van der Waals surface area contributed by atoms with Crippen LogP contribution in [0.3, 0.4) is 0 Å². The maximum atomic E-state index is 10.2. The first-order valence-electron chi connectivity index (χ1n) is 6.79. The molecule has 0 saturated heterocycles. The van der Waals surface area contributed by atoms with E-state index < -0.39 is 0 Å². The van der Waals surface area contributed by atoms with E-state index in [1.807, 2.05) is 37.3 Å². The zero-order chi connectivity index (χ0) is 15.0. The van der Waals surface area contributed by atoms with E-state index in [0.717, 1.165) is 23.1 Å². The molecule has 0 aliphatic carbocycles. The smallest absolute Gasteiger partial charge is 0.153 e. The van der Waals surface area contributed by atoms with Gasteiger partial charge in [0.1, 0.15) is 11.5 Å². The van der Waals surface area contributed by atoms with Crippen molar-refractivity contribution in [3.8, 4) is 11.5 Å². The molecule has 3 rings (SSSR count). The first kappa shape index (κ1) is 13.8. The number of rotatable bonds is 2. The van der Waals surface area contributed by atoms with Crippen molar-refractivity contribution < 1.29 is 9.84 Å². The number of halogens is 1. The Morgan fingerprint density at radius 3 is 2.71 bits per heavy atom. The summed E-state index contributed by atoms with van der Waals surface area (Å²) in [5.41, 5.74) is 3.40. The average molecular weight is 299 g/mol. The van der Waals surface area contributed by atoms with E-state index in [9.17, 15) is 5.11 Å². The fourth-order valence-electron chi connectivity index (χ4n) is 2.38. The van der Waals surface area contributed by atoms with Gasteiger partial charge in [-0.15, -0.1) is 0 Å². The van der Waals surface area contributed by atoms with E-state index in [0.29, 0.717) is 22.1 Å². The molecule has 1 aliphatic rings. The molecule has 106 valence electrons. The second-order valence-corrected chi connectivity index (χ2v) is 5.36. The van der Waals surface area contributed by atoms with Gasteiger partial charge >= 0.3 is 0 Å². The molecule has 0 atom stereocenters. The SMILES string of the molecule is C=C1C=C(c2ccc(CC)cc2O)Oc2c(Cl)cccc21. The molecule has 2 aromatic rings. The fraction of sp³-hybridized carbons (Fsp3) is 0.111. The van der Waals surface area contributed by atoms with Crippen LogP contribution in [0.1, 0.15) is 23.6 Å². The van der Waals surface area contributed by atoms with Crippen LogP contribution in [-0.4, -0.2) is 5.11 Å². The molecule has 0 unspecified atom stereocenters. The summed E-state index contributed by atoms with van der Waals surface area (Å²) in [5, 5.41) is 10.7. The largest absolute Gasteiger partial charge is 0.507 e. The van der Waals surface area contributed by atoms with Crippen molar-refractivity contribution >= 4 is 22.9 Å². The van der Waals surface area contributed by atoms with Crippen LogP contribution in [0.15, 0.2) is 49.1 Å². The second-order valence-electron chi connectivity index (χ2n) is 4.96. The van der Waals surface area contributed by atoms with Crippen molar-refractivity contribution in [1.82, 2.24) is 0 Å². The fourth-order valence-corrected chi connectivity index (χ4v) is 2.59. The Labute approximate surface area is 129 Å². The predicted octanol–water partition coefficient (Wildman–Crippen LogP) is 5.05. The lowest BCUT2D eigenvalue weighted by Crippen LogP contribution is -2.04. The lowest BCUT2D eigenvalue weighted by atomic mass is 9.99. The number of allylic oxidation sites excluding steroid dienone is 2. The number of aromatic hydroxyl groups is 1. The molecule has 0 fully saturated rings. The molecule has 0 saturated carbocycles. The minimum atomic E-state index is 0.198. The Morgan fingerprint density at radius 1 is 1.19 bits per heavy atom. The zero-order valence-electron chi connectivity index (χ0n) is 11.7. The lowest BCUT2D eigenvalue weighted by molar-refractivity contribution is 0.460. The highest BCUT2D eigenvalue weighted by Gasteiger charge is 2.21. The third kappa shape index (κ3) is 2.43. The van der Waals surface area contributed by atoms with Crippen LogP contribution in [-0.2, 0) is 6.42 Å². The monoisotopic (exact) mass is 298 g/mol. The second kappa shape index (κ2) is 5.30. The van der Waals surface area contributed by atoms with Crippen molar-refractivity contribution in [1.29, 1.82) is 0 Å². The quantitative estimate of drug-likeness (QED) is 0.840. The molecule has 1 N–H and O–H groups in total. The van der Waals surface area contributed by atoms with Crippen molar-refractivity contribution in [2.24, 2.45) is 0 Å².